The SMILES string of the molecule is CCCCc1ncc[nH]1.I. The molecule has 0 aliphatic rings. The van der Waals surface area contributed by atoms with Crippen molar-refractivity contribution < 1.29 is 0 Å². The van der Waals surface area contributed by atoms with Crippen molar-refractivity contribution in [2.45, 2.75) is 26.2 Å². The molecule has 0 aliphatic heterocycles. The highest BCUT2D eigenvalue weighted by atomic mass is 127. The standard InChI is InChI=1S/C7H12N2.HI/c1-2-3-4-7-8-5-6-9-7;/h5-6H,2-4H2,1H3,(H,8,9);1H. The molecule has 0 saturated heterocycles. The van der Waals surface area contributed by atoms with Crippen LogP contribution < -0.4 is 0 Å². The summed E-state index contributed by atoms with van der Waals surface area (Å²) in [5.41, 5.74) is 0. The third-order valence-corrected chi connectivity index (χ3v) is 1.32. The first kappa shape index (κ1) is 9.94. The lowest BCUT2D eigenvalue weighted by molar-refractivity contribution is 0.762. The maximum Gasteiger partial charge on any atom is 0.105 e. The number of halogens is 1. The highest BCUT2D eigenvalue weighted by Gasteiger charge is 1.90. The zero-order valence-electron chi connectivity index (χ0n) is 6.13. The maximum atomic E-state index is 4.10. The molecular weight excluding hydrogens is 239 g/mol. The predicted octanol–water partition coefficient (Wildman–Crippen LogP) is 2.37. The largest absolute Gasteiger partial charge is 0.349 e. The zero-order valence-corrected chi connectivity index (χ0v) is 8.46. The minimum absolute atomic E-state index is 0. The second-order valence-corrected chi connectivity index (χ2v) is 2.14. The van der Waals surface area contributed by atoms with Crippen LogP contribution in [0.5, 0.6) is 0 Å². The normalized spacial score (nSPS) is 8.90. The molecule has 1 aromatic heterocycles. The second-order valence-electron chi connectivity index (χ2n) is 2.14. The molecule has 0 atom stereocenters. The Hall–Kier alpha value is -0.0600. The molecule has 0 fully saturated rings. The minimum atomic E-state index is 0. The summed E-state index contributed by atoms with van der Waals surface area (Å²) in [4.78, 5) is 7.16. The van der Waals surface area contributed by atoms with E-state index in [1.165, 1.54) is 12.8 Å². The van der Waals surface area contributed by atoms with Gasteiger partial charge in [0, 0.05) is 18.8 Å². The molecule has 3 heteroatoms. The number of aryl methyl sites for hydroxylation is 1. The van der Waals surface area contributed by atoms with E-state index >= 15 is 0 Å². The van der Waals surface area contributed by atoms with E-state index in [-0.39, 0.29) is 24.0 Å². The Labute approximate surface area is 78.5 Å². The van der Waals surface area contributed by atoms with E-state index in [1.807, 2.05) is 6.20 Å². The van der Waals surface area contributed by atoms with Crippen molar-refractivity contribution in [3.05, 3.63) is 18.2 Å². The number of nitrogens with one attached hydrogen (secondary N) is 1. The van der Waals surface area contributed by atoms with Gasteiger partial charge in [-0.15, -0.1) is 24.0 Å². The number of imidazole rings is 1. The van der Waals surface area contributed by atoms with Crippen molar-refractivity contribution >= 4 is 24.0 Å². The maximum absolute atomic E-state index is 4.10. The summed E-state index contributed by atoms with van der Waals surface area (Å²) < 4.78 is 0. The first-order valence-electron chi connectivity index (χ1n) is 3.41. The Bertz CT molecular complexity index is 149. The van der Waals surface area contributed by atoms with E-state index in [1.54, 1.807) is 6.20 Å². The number of aromatic nitrogens is 2. The van der Waals surface area contributed by atoms with Crippen molar-refractivity contribution in [1.29, 1.82) is 0 Å². The molecule has 1 heterocycles. The van der Waals surface area contributed by atoms with Crippen molar-refractivity contribution in [3.8, 4) is 0 Å². The van der Waals surface area contributed by atoms with Gasteiger partial charge < -0.3 is 4.98 Å². The van der Waals surface area contributed by atoms with Crippen LogP contribution in [0.3, 0.4) is 0 Å². The van der Waals surface area contributed by atoms with Crippen molar-refractivity contribution in [3.63, 3.8) is 0 Å². The molecule has 0 unspecified atom stereocenters. The third-order valence-electron chi connectivity index (χ3n) is 1.32. The van der Waals surface area contributed by atoms with Crippen LogP contribution in [0.15, 0.2) is 12.4 Å². The number of nitrogens with zero attached hydrogens (tertiary/aromatic N) is 1. The molecule has 2 nitrogen and oxygen atoms in total. The highest BCUT2D eigenvalue weighted by molar-refractivity contribution is 14.0. The van der Waals surface area contributed by atoms with Gasteiger partial charge in [0.2, 0.25) is 0 Å². The van der Waals surface area contributed by atoms with Gasteiger partial charge in [0.15, 0.2) is 0 Å². The van der Waals surface area contributed by atoms with E-state index in [0.717, 1.165) is 12.2 Å². The first-order chi connectivity index (χ1) is 4.43. The summed E-state index contributed by atoms with van der Waals surface area (Å²) in [6.07, 6.45) is 7.22. The van der Waals surface area contributed by atoms with E-state index < -0.39 is 0 Å². The summed E-state index contributed by atoms with van der Waals surface area (Å²) >= 11 is 0. The summed E-state index contributed by atoms with van der Waals surface area (Å²) in [5.74, 6) is 1.11. The Morgan fingerprint density at radius 3 is 2.90 bits per heavy atom. The van der Waals surface area contributed by atoms with E-state index in [4.69, 9.17) is 0 Å². The predicted molar refractivity (Wildman–Crippen MR) is 52.6 cm³/mol. The van der Waals surface area contributed by atoms with Gasteiger partial charge in [0.1, 0.15) is 5.82 Å². The Balaban J connectivity index is 0.000000810. The molecule has 1 N–H and O–H groups in total. The van der Waals surface area contributed by atoms with Crippen molar-refractivity contribution in [2.24, 2.45) is 0 Å². The number of hydrogen-bond donors (Lipinski definition) is 1. The van der Waals surface area contributed by atoms with Gasteiger partial charge in [0.25, 0.3) is 0 Å². The van der Waals surface area contributed by atoms with Crippen LogP contribution in [-0.2, 0) is 6.42 Å². The fraction of sp³-hybridized carbons (Fsp3) is 0.571. The van der Waals surface area contributed by atoms with Gasteiger partial charge in [-0.05, 0) is 6.42 Å². The van der Waals surface area contributed by atoms with Crippen LogP contribution >= 0.6 is 24.0 Å². The lowest BCUT2D eigenvalue weighted by Gasteiger charge is -1.90. The van der Waals surface area contributed by atoms with Gasteiger partial charge in [-0.2, -0.15) is 0 Å². The van der Waals surface area contributed by atoms with Crippen LogP contribution in [0.2, 0.25) is 0 Å². The molecule has 0 aromatic carbocycles. The summed E-state index contributed by atoms with van der Waals surface area (Å²) in [5, 5.41) is 0. The topological polar surface area (TPSA) is 28.7 Å². The van der Waals surface area contributed by atoms with Crippen LogP contribution in [0.1, 0.15) is 25.6 Å². The average molecular weight is 252 g/mol. The molecule has 0 spiro atoms. The number of hydrogen-bond acceptors (Lipinski definition) is 1. The van der Waals surface area contributed by atoms with Crippen LogP contribution in [0.4, 0.5) is 0 Å². The fourth-order valence-electron chi connectivity index (χ4n) is 0.779. The molecule has 0 bridgehead atoms. The van der Waals surface area contributed by atoms with E-state index in [2.05, 4.69) is 16.9 Å². The third kappa shape index (κ3) is 3.20. The highest BCUT2D eigenvalue weighted by Crippen LogP contribution is 1.96. The smallest absolute Gasteiger partial charge is 0.105 e. The molecule has 0 saturated carbocycles. The Kier molecular flexibility index (Phi) is 5.67. The van der Waals surface area contributed by atoms with Gasteiger partial charge >= 0.3 is 0 Å². The molecule has 1 aromatic rings. The minimum Gasteiger partial charge on any atom is -0.349 e. The molecule has 58 valence electrons. The lowest BCUT2D eigenvalue weighted by Crippen LogP contribution is -1.85. The quantitative estimate of drug-likeness (QED) is 0.822. The summed E-state index contributed by atoms with van der Waals surface area (Å²) in [7, 11) is 0. The molecule has 0 aliphatic carbocycles. The van der Waals surface area contributed by atoms with Crippen LogP contribution in [0.25, 0.3) is 0 Å². The number of H-pyrrole nitrogens is 1. The lowest BCUT2D eigenvalue weighted by atomic mass is 10.2. The monoisotopic (exact) mass is 252 g/mol. The summed E-state index contributed by atoms with van der Waals surface area (Å²) in [6.45, 7) is 2.18. The molecular formula is C7H13IN2. The Morgan fingerprint density at radius 1 is 1.60 bits per heavy atom. The van der Waals surface area contributed by atoms with Gasteiger partial charge in [-0.25, -0.2) is 4.98 Å². The molecule has 0 radical (unpaired) electrons. The molecule has 10 heavy (non-hydrogen) atoms. The van der Waals surface area contributed by atoms with Gasteiger partial charge in [0.05, 0.1) is 0 Å². The van der Waals surface area contributed by atoms with Crippen molar-refractivity contribution in [1.82, 2.24) is 9.97 Å². The van der Waals surface area contributed by atoms with Crippen molar-refractivity contribution in [2.75, 3.05) is 0 Å². The van der Waals surface area contributed by atoms with Gasteiger partial charge in [-0.3, -0.25) is 0 Å². The van der Waals surface area contributed by atoms with E-state index in [9.17, 15) is 0 Å². The van der Waals surface area contributed by atoms with Crippen LogP contribution in [-0.4, -0.2) is 9.97 Å². The molecule has 1 rings (SSSR count). The average Bonchev–Trinajstić information content (AvgIpc) is 2.34. The number of unbranched alkanes of at least 4 members (excludes halogenated alkanes) is 1. The molecule has 0 amide bonds. The van der Waals surface area contributed by atoms with Gasteiger partial charge in [-0.1, -0.05) is 13.3 Å². The fourth-order valence-corrected chi connectivity index (χ4v) is 0.779. The van der Waals surface area contributed by atoms with E-state index in [0.29, 0.717) is 0 Å². The first-order valence-corrected chi connectivity index (χ1v) is 3.41. The van der Waals surface area contributed by atoms with Crippen LogP contribution in [0, 0.1) is 0 Å². The zero-order chi connectivity index (χ0) is 6.53. The Morgan fingerprint density at radius 2 is 2.40 bits per heavy atom. The second kappa shape index (κ2) is 5.70. The number of aromatic amines is 1. The number of rotatable bonds is 3. The summed E-state index contributed by atoms with van der Waals surface area (Å²) in [6, 6.07) is 0.